The molecule has 6 aliphatic heterocycles. The maximum absolute atomic E-state index is 6.00. The predicted octanol–water partition coefficient (Wildman–Crippen LogP) is 1.69. The zero-order valence-corrected chi connectivity index (χ0v) is 35.4. The Bertz CT molecular complexity index is 1070. The van der Waals surface area contributed by atoms with E-state index < -0.39 is 0 Å². The molecule has 0 aliphatic carbocycles. The average Bonchev–Trinajstić information content (AvgIpc) is 4.02. The Balaban J connectivity index is 0.000000189. The number of hydrogen-bond donors (Lipinski definition) is 0. The van der Waals surface area contributed by atoms with Gasteiger partial charge < -0.3 is 56.8 Å². The summed E-state index contributed by atoms with van der Waals surface area (Å²) in [5.41, 5.74) is 0. The van der Waals surface area contributed by atoms with Gasteiger partial charge in [-0.2, -0.15) is 0 Å². The summed E-state index contributed by atoms with van der Waals surface area (Å²) in [4.78, 5) is 0. The number of ether oxygens (including phenoxy) is 12. The van der Waals surface area contributed by atoms with Crippen LogP contribution in [0.3, 0.4) is 0 Å². The molecule has 18 atom stereocenters. The highest BCUT2D eigenvalue weighted by atomic mass is 16.6. The van der Waals surface area contributed by atoms with Gasteiger partial charge in [0.05, 0.1) is 75.3 Å². The van der Waals surface area contributed by atoms with Gasteiger partial charge >= 0.3 is 0 Å². The van der Waals surface area contributed by atoms with E-state index in [9.17, 15) is 0 Å². The van der Waals surface area contributed by atoms with Gasteiger partial charge in [-0.05, 0) is 94.3 Å². The minimum atomic E-state index is -0.204. The fraction of sp³-hybridized carbons (Fsp3) is 1.00. The smallest absolute Gasteiger partial charge is 0.109 e. The lowest BCUT2D eigenvalue weighted by Gasteiger charge is -2.24. The van der Waals surface area contributed by atoms with Crippen molar-refractivity contribution >= 4 is 47.1 Å². The number of methoxy groups -OCH3 is 6. The molecular weight excluding hydrogens is 725 g/mol. The first kappa shape index (κ1) is 49.6. The fourth-order valence-electron chi connectivity index (χ4n) is 9.43. The van der Waals surface area contributed by atoms with Crippen LogP contribution in [-0.4, -0.2) is 201 Å². The predicted molar refractivity (Wildman–Crippen MR) is 220 cm³/mol. The molecule has 0 bridgehead atoms. The molecule has 0 N–H and O–H groups in total. The fourth-order valence-corrected chi connectivity index (χ4v) is 9.43. The van der Waals surface area contributed by atoms with Crippen LogP contribution >= 0.6 is 0 Å². The molecule has 2 unspecified atom stereocenters. The van der Waals surface area contributed by atoms with E-state index in [1.165, 1.54) is 0 Å². The van der Waals surface area contributed by atoms with Crippen molar-refractivity contribution in [2.45, 2.75) is 155 Å². The monoisotopic (exact) mass is 793 g/mol. The van der Waals surface area contributed by atoms with Gasteiger partial charge in [0.2, 0.25) is 0 Å². The van der Waals surface area contributed by atoms with Crippen molar-refractivity contribution in [1.29, 1.82) is 0 Å². The molecule has 0 aromatic carbocycles. The molecule has 6 saturated heterocycles. The molecule has 12 nitrogen and oxygen atoms in total. The van der Waals surface area contributed by atoms with E-state index in [-0.39, 0.29) is 84.9 Å². The second-order valence-electron chi connectivity index (χ2n) is 16.5. The maximum Gasteiger partial charge on any atom is 0.109 e. The molecule has 6 heterocycles. The molecule has 0 aromatic rings. The molecule has 6 aliphatic rings. The number of hydrogen-bond acceptors (Lipinski definition) is 12. The summed E-state index contributed by atoms with van der Waals surface area (Å²) in [6, 6.07) is -1.13. The summed E-state index contributed by atoms with van der Waals surface area (Å²) in [7, 11) is 45.4. The van der Waals surface area contributed by atoms with Gasteiger partial charge in [0.1, 0.15) is 47.1 Å². The van der Waals surface area contributed by atoms with E-state index in [4.69, 9.17) is 104 Å². The van der Waals surface area contributed by atoms with Gasteiger partial charge in [-0.25, -0.2) is 0 Å². The van der Waals surface area contributed by atoms with Crippen LogP contribution in [0.5, 0.6) is 0 Å². The van der Waals surface area contributed by atoms with Crippen molar-refractivity contribution < 1.29 is 56.8 Å². The first-order valence-corrected chi connectivity index (χ1v) is 20.9. The van der Waals surface area contributed by atoms with E-state index in [1.54, 1.807) is 42.7 Å². The third-order valence-electron chi connectivity index (χ3n) is 12.3. The van der Waals surface area contributed by atoms with Crippen molar-refractivity contribution in [3.05, 3.63) is 0 Å². The molecule has 57 heavy (non-hydrogen) atoms. The van der Waals surface area contributed by atoms with E-state index in [1.807, 2.05) is 0 Å². The summed E-state index contributed by atoms with van der Waals surface area (Å²) in [5.74, 6) is 1.60. The highest BCUT2D eigenvalue weighted by Crippen LogP contribution is 2.38. The molecule has 0 spiro atoms. The van der Waals surface area contributed by atoms with Crippen LogP contribution in [0.1, 0.15) is 70.6 Å². The van der Waals surface area contributed by atoms with Crippen molar-refractivity contribution in [2.75, 3.05) is 69.1 Å². The second kappa shape index (κ2) is 25.8. The van der Waals surface area contributed by atoms with E-state index >= 15 is 0 Å². The molecule has 0 saturated carbocycles. The summed E-state index contributed by atoms with van der Waals surface area (Å²) in [6.07, 6.45) is 10.7. The van der Waals surface area contributed by atoms with Crippen LogP contribution in [0.15, 0.2) is 0 Å². The Kier molecular flexibility index (Phi) is 22.4. The van der Waals surface area contributed by atoms with E-state index in [0.717, 1.165) is 70.6 Å². The quantitative estimate of drug-likeness (QED) is 0.189. The molecule has 312 valence electrons. The molecule has 0 amide bonds. The minimum absolute atomic E-state index is 0.0775. The minimum Gasteiger partial charge on any atom is -0.382 e. The summed E-state index contributed by atoms with van der Waals surface area (Å²) < 4.78 is 65.6. The van der Waals surface area contributed by atoms with Crippen LogP contribution in [0.4, 0.5) is 0 Å². The zero-order chi connectivity index (χ0) is 41.5. The highest BCUT2D eigenvalue weighted by molar-refractivity contribution is 6.12. The lowest BCUT2D eigenvalue weighted by atomic mass is 9.80. The van der Waals surface area contributed by atoms with Gasteiger partial charge in [0, 0.05) is 78.7 Å². The standard InChI is InChI=1S/3C13H22B2O4/c1-16-6-10-8(4-12(14)18-10)3-9-5-13(15)19-11(9)7-17-2;1-16-7-9-5-8(13(15)18-9)3-4-10-11(17-2)6-12(14)19-10;1-16-7-11-8(5-12(14)19-11)3-4-9-10(17-2)6-13(15)18-9/h3*8-13H,3-7H2,1-2H3/t8-,9?,10-,11-,12-,13-;8?,9-,10+,11+,12+,13+;8-,9-,10-,11-,12-,13-/m101/s1. The third-order valence-corrected chi connectivity index (χ3v) is 12.3. The topological polar surface area (TPSA) is 111 Å². The Hall–Kier alpha value is -0.0904. The Morgan fingerprint density at radius 1 is 0.386 bits per heavy atom. The lowest BCUT2D eigenvalue weighted by molar-refractivity contribution is -0.0103. The van der Waals surface area contributed by atoms with Crippen molar-refractivity contribution in [3.63, 3.8) is 0 Å². The van der Waals surface area contributed by atoms with Gasteiger partial charge in [-0.15, -0.1) is 0 Å². The van der Waals surface area contributed by atoms with Gasteiger partial charge in [-0.1, -0.05) is 0 Å². The van der Waals surface area contributed by atoms with Crippen LogP contribution in [0, 0.1) is 23.7 Å². The van der Waals surface area contributed by atoms with Gasteiger partial charge in [-0.3, -0.25) is 0 Å². The van der Waals surface area contributed by atoms with Gasteiger partial charge in [0.15, 0.2) is 0 Å². The summed E-state index contributed by atoms with van der Waals surface area (Å²) >= 11 is 0. The summed E-state index contributed by atoms with van der Waals surface area (Å²) in [5, 5.41) is 0. The molecule has 0 aromatic heterocycles. The van der Waals surface area contributed by atoms with E-state index in [2.05, 4.69) is 0 Å². The molecule has 12 radical (unpaired) electrons. The highest BCUT2D eigenvalue weighted by Gasteiger charge is 2.41. The SMILES string of the molecule is [B][C@@H]1O[C@H](COC)CC1CC[C@H]1O[C@@H]([B])C[C@H]1OC.[B][C@H]1CC(C[C@@H]2C[C@H]([B])O[C@@H]2COC)[C@@H](COC)O1.[B][C@H]1C[C@@H](CC[C@H]2O[C@@H]([B])C[C@H]2OC)[C@@H](COC)O1. The molecule has 6 fully saturated rings. The second-order valence-corrected chi connectivity index (χ2v) is 16.5. The Morgan fingerprint density at radius 3 is 1.18 bits per heavy atom. The molecular formula is C39H66B6O12. The largest absolute Gasteiger partial charge is 0.382 e. The third kappa shape index (κ3) is 15.6. The van der Waals surface area contributed by atoms with Crippen LogP contribution in [0.25, 0.3) is 0 Å². The summed E-state index contributed by atoms with van der Waals surface area (Å²) in [6.45, 7) is 2.38. The molecule has 6 rings (SSSR count). The Labute approximate surface area is 351 Å². The molecule has 18 heteroatoms. The lowest BCUT2D eigenvalue weighted by Crippen LogP contribution is -2.28. The van der Waals surface area contributed by atoms with Crippen LogP contribution in [0.2, 0.25) is 0 Å². The van der Waals surface area contributed by atoms with Crippen LogP contribution in [-0.2, 0) is 56.8 Å². The van der Waals surface area contributed by atoms with Crippen molar-refractivity contribution in [1.82, 2.24) is 0 Å². The van der Waals surface area contributed by atoms with E-state index in [0.29, 0.717) is 50.1 Å². The maximum atomic E-state index is 6.00. The number of rotatable bonds is 18. The first-order valence-electron chi connectivity index (χ1n) is 20.9. The Morgan fingerprint density at radius 2 is 0.754 bits per heavy atom. The normalized spacial score (nSPS) is 42.8. The zero-order valence-electron chi connectivity index (χ0n) is 35.4. The van der Waals surface area contributed by atoms with Crippen LogP contribution < -0.4 is 0 Å². The first-order chi connectivity index (χ1) is 27.4. The van der Waals surface area contributed by atoms with Crippen molar-refractivity contribution in [2.24, 2.45) is 23.7 Å². The average molecular weight is 792 g/mol. The van der Waals surface area contributed by atoms with Crippen molar-refractivity contribution in [3.8, 4) is 0 Å². The van der Waals surface area contributed by atoms with Gasteiger partial charge in [0.25, 0.3) is 0 Å².